The zero-order valence-corrected chi connectivity index (χ0v) is 21.5. The van der Waals surface area contributed by atoms with Crippen LogP contribution >= 0.6 is 0 Å². The first-order valence-corrected chi connectivity index (χ1v) is 11.4. The second kappa shape index (κ2) is 9.16. The molecule has 2 aromatic rings. The number of aromatic nitrogens is 2. The molecule has 0 aliphatic carbocycles. The van der Waals surface area contributed by atoms with Crippen molar-refractivity contribution < 1.29 is 14.6 Å². The van der Waals surface area contributed by atoms with Crippen molar-refractivity contribution in [1.82, 2.24) is 9.97 Å². The van der Waals surface area contributed by atoms with E-state index in [4.69, 9.17) is 9.72 Å². The number of nitrogens with one attached hydrogen (secondary N) is 1. The lowest BCUT2D eigenvalue weighted by Crippen LogP contribution is -2.32. The van der Waals surface area contributed by atoms with E-state index in [2.05, 4.69) is 67.3 Å². The van der Waals surface area contributed by atoms with Gasteiger partial charge in [0.15, 0.2) is 0 Å². The first kappa shape index (κ1) is 25.8. The fourth-order valence-corrected chi connectivity index (χ4v) is 3.41. The maximum atomic E-state index is 12.6. The summed E-state index contributed by atoms with van der Waals surface area (Å²) in [5.74, 6) is 0.785. The van der Waals surface area contributed by atoms with E-state index < -0.39 is 6.09 Å². The molecule has 0 unspecified atom stereocenters. The minimum absolute atomic E-state index is 0.101. The molecule has 1 heterocycles. The summed E-state index contributed by atoms with van der Waals surface area (Å²) in [6.07, 6.45) is 2.18. The number of rotatable bonds is 5. The highest BCUT2D eigenvalue weighted by Crippen LogP contribution is 2.41. The average Bonchev–Trinajstić information content (AvgIpc) is 3.09. The monoisotopic (exact) mass is 443 g/mol. The van der Waals surface area contributed by atoms with E-state index in [0.29, 0.717) is 24.8 Å². The normalized spacial score (nSPS) is 12.7. The molecule has 0 spiro atoms. The number of imidazole rings is 1. The molecule has 0 saturated carbocycles. The summed E-state index contributed by atoms with van der Waals surface area (Å²) < 4.78 is 5.48. The average molecular weight is 444 g/mol. The van der Waals surface area contributed by atoms with Gasteiger partial charge in [-0.15, -0.1) is 0 Å². The van der Waals surface area contributed by atoms with Gasteiger partial charge in [0.05, 0.1) is 12.3 Å². The Morgan fingerprint density at radius 3 is 2.00 bits per heavy atom. The van der Waals surface area contributed by atoms with Crippen LogP contribution in [0.15, 0.2) is 18.3 Å². The van der Waals surface area contributed by atoms with Gasteiger partial charge >= 0.3 is 6.09 Å². The number of aromatic hydroxyl groups is 1. The Kier molecular flexibility index (Phi) is 7.38. The lowest BCUT2D eigenvalue weighted by atomic mass is 9.78. The Morgan fingerprint density at radius 2 is 1.56 bits per heavy atom. The number of hydrogen-bond donors (Lipinski definition) is 2. The molecule has 0 bridgehead atoms. The third kappa shape index (κ3) is 6.27. The Morgan fingerprint density at radius 1 is 1.03 bits per heavy atom. The van der Waals surface area contributed by atoms with Crippen LogP contribution in [0, 0.1) is 5.41 Å². The SMILES string of the molecule is CCN(C(=O)OCCC(C)(C)C)c1nc(-c2cc(C(C)(C)C)c(O)c(C(C)(C)C)c2)c[nH]1. The molecule has 1 aromatic heterocycles. The van der Waals surface area contributed by atoms with Crippen LogP contribution in [-0.4, -0.2) is 34.3 Å². The zero-order valence-electron chi connectivity index (χ0n) is 21.5. The number of anilines is 1. The number of carbonyl (C=O) groups excluding carboxylic acids is 1. The number of benzene rings is 1. The van der Waals surface area contributed by atoms with E-state index >= 15 is 0 Å². The molecule has 6 nitrogen and oxygen atoms in total. The number of hydrogen-bond acceptors (Lipinski definition) is 4. The van der Waals surface area contributed by atoms with E-state index in [0.717, 1.165) is 28.8 Å². The number of H-pyrrole nitrogens is 1. The molecule has 0 radical (unpaired) electrons. The number of phenols is 1. The van der Waals surface area contributed by atoms with Crippen LogP contribution in [-0.2, 0) is 15.6 Å². The molecule has 1 amide bonds. The third-order valence-electron chi connectivity index (χ3n) is 5.46. The van der Waals surface area contributed by atoms with E-state index in [-0.39, 0.29) is 16.2 Å². The Hall–Kier alpha value is -2.50. The first-order valence-electron chi connectivity index (χ1n) is 11.4. The fourth-order valence-electron chi connectivity index (χ4n) is 3.41. The number of phenolic OH excluding ortho intramolecular Hbond substituents is 1. The van der Waals surface area contributed by atoms with Crippen LogP contribution in [0.1, 0.15) is 86.8 Å². The number of ether oxygens (including phenoxy) is 1. The highest BCUT2D eigenvalue weighted by molar-refractivity contribution is 5.85. The van der Waals surface area contributed by atoms with Crippen LogP contribution in [0.3, 0.4) is 0 Å². The predicted molar refractivity (Wildman–Crippen MR) is 132 cm³/mol. The van der Waals surface area contributed by atoms with E-state index in [9.17, 15) is 9.90 Å². The number of nitrogens with zero attached hydrogens (tertiary/aromatic N) is 2. The van der Waals surface area contributed by atoms with Crippen molar-refractivity contribution in [1.29, 1.82) is 0 Å². The second-order valence-corrected chi connectivity index (χ2v) is 11.7. The largest absolute Gasteiger partial charge is 0.507 e. The molecule has 1 aromatic carbocycles. The highest BCUT2D eigenvalue weighted by Gasteiger charge is 2.28. The van der Waals surface area contributed by atoms with Gasteiger partial charge in [0.2, 0.25) is 5.95 Å². The van der Waals surface area contributed by atoms with Crippen LogP contribution in [0.25, 0.3) is 11.3 Å². The number of aromatic amines is 1. The molecular formula is C26H41N3O3. The van der Waals surface area contributed by atoms with Crippen molar-refractivity contribution in [3.63, 3.8) is 0 Å². The van der Waals surface area contributed by atoms with Crippen molar-refractivity contribution in [3.05, 3.63) is 29.5 Å². The predicted octanol–water partition coefficient (Wildman–Crippen LogP) is 6.78. The number of amides is 1. The Labute approximate surface area is 193 Å². The zero-order chi connectivity index (χ0) is 24.5. The molecule has 178 valence electrons. The molecule has 0 aliphatic heterocycles. The summed E-state index contributed by atoms with van der Waals surface area (Å²) in [4.78, 5) is 22.0. The lowest BCUT2D eigenvalue weighted by Gasteiger charge is -2.28. The van der Waals surface area contributed by atoms with Crippen molar-refractivity contribution in [3.8, 4) is 17.0 Å². The van der Waals surface area contributed by atoms with Gasteiger partial charge in [0.25, 0.3) is 0 Å². The van der Waals surface area contributed by atoms with Gasteiger partial charge in [-0.2, -0.15) is 0 Å². The molecular weight excluding hydrogens is 402 g/mol. The van der Waals surface area contributed by atoms with Crippen LogP contribution in [0.4, 0.5) is 10.7 Å². The van der Waals surface area contributed by atoms with E-state index in [1.54, 1.807) is 6.20 Å². The van der Waals surface area contributed by atoms with E-state index in [1.165, 1.54) is 4.90 Å². The topological polar surface area (TPSA) is 78.5 Å². The maximum absolute atomic E-state index is 12.6. The summed E-state index contributed by atoms with van der Waals surface area (Å²) in [6.45, 7) is 21.6. The summed E-state index contributed by atoms with van der Waals surface area (Å²) >= 11 is 0. The minimum Gasteiger partial charge on any atom is -0.507 e. The molecule has 0 fully saturated rings. The van der Waals surface area contributed by atoms with Gasteiger partial charge < -0.3 is 14.8 Å². The van der Waals surface area contributed by atoms with Crippen molar-refractivity contribution in [2.75, 3.05) is 18.1 Å². The summed E-state index contributed by atoms with van der Waals surface area (Å²) in [5, 5.41) is 11.0. The first-order chi connectivity index (χ1) is 14.5. The number of carbonyl (C=O) groups is 1. The molecule has 2 rings (SSSR count). The van der Waals surface area contributed by atoms with Gasteiger partial charge in [0, 0.05) is 29.4 Å². The summed E-state index contributed by atoms with van der Waals surface area (Å²) in [5.41, 5.74) is 3.01. The van der Waals surface area contributed by atoms with Crippen LogP contribution in [0.5, 0.6) is 5.75 Å². The van der Waals surface area contributed by atoms with Crippen molar-refractivity contribution >= 4 is 12.0 Å². The minimum atomic E-state index is -0.408. The molecule has 32 heavy (non-hydrogen) atoms. The molecule has 6 heteroatoms. The summed E-state index contributed by atoms with van der Waals surface area (Å²) in [7, 11) is 0. The van der Waals surface area contributed by atoms with Gasteiger partial charge in [0.1, 0.15) is 5.75 Å². The smallest absolute Gasteiger partial charge is 0.416 e. The Bertz CT molecular complexity index is 905. The quantitative estimate of drug-likeness (QED) is 0.534. The molecule has 0 atom stereocenters. The molecule has 0 saturated heterocycles. The second-order valence-electron chi connectivity index (χ2n) is 11.7. The lowest BCUT2D eigenvalue weighted by molar-refractivity contribution is 0.138. The third-order valence-corrected chi connectivity index (χ3v) is 5.46. The van der Waals surface area contributed by atoms with Gasteiger partial charge in [-0.1, -0.05) is 62.3 Å². The van der Waals surface area contributed by atoms with Gasteiger partial charge in [-0.25, -0.2) is 14.7 Å². The Balaban J connectivity index is 2.39. The van der Waals surface area contributed by atoms with Crippen molar-refractivity contribution in [2.45, 2.75) is 86.5 Å². The molecule has 2 N–H and O–H groups in total. The molecule has 0 aliphatic rings. The van der Waals surface area contributed by atoms with Crippen LogP contribution < -0.4 is 4.90 Å². The summed E-state index contributed by atoms with van der Waals surface area (Å²) in [6, 6.07) is 3.98. The van der Waals surface area contributed by atoms with Gasteiger partial charge in [-0.3, -0.25) is 0 Å². The maximum Gasteiger partial charge on any atom is 0.416 e. The fraction of sp³-hybridized carbons (Fsp3) is 0.615. The van der Waals surface area contributed by atoms with Crippen molar-refractivity contribution in [2.24, 2.45) is 5.41 Å². The highest BCUT2D eigenvalue weighted by atomic mass is 16.6. The standard InChI is InChI=1S/C26H41N3O3/c1-11-29(23(31)32-13-12-24(2,3)4)22-27-16-20(28-22)17-14-18(25(5,6)7)21(30)19(15-17)26(8,9)10/h14-16,30H,11-13H2,1-10H3,(H,27,28). The van der Waals surface area contributed by atoms with Gasteiger partial charge in [-0.05, 0) is 41.7 Å². The van der Waals surface area contributed by atoms with Crippen LogP contribution in [0.2, 0.25) is 0 Å². The van der Waals surface area contributed by atoms with E-state index in [1.807, 2.05) is 19.1 Å².